The van der Waals surface area contributed by atoms with Crippen LogP contribution < -0.4 is 10.2 Å². The normalized spacial score (nSPS) is 14.9. The van der Waals surface area contributed by atoms with Gasteiger partial charge in [-0.05, 0) is 96.0 Å². The number of likely N-dealkylation sites (N-methyl/N-ethyl adjacent to an activating group) is 1. The van der Waals surface area contributed by atoms with Crippen molar-refractivity contribution in [1.82, 2.24) is 5.32 Å². The van der Waals surface area contributed by atoms with E-state index in [2.05, 4.69) is 99.0 Å². The fourth-order valence-corrected chi connectivity index (χ4v) is 8.01. The molecular weight excluding hydrogens is 940 g/mol. The van der Waals surface area contributed by atoms with Gasteiger partial charge in [-0.2, -0.15) is 0 Å². The summed E-state index contributed by atoms with van der Waals surface area (Å²) >= 11 is 0. The number of esters is 1. The van der Waals surface area contributed by atoms with Crippen LogP contribution in [0.5, 0.6) is 0 Å². The maximum atomic E-state index is 13.5. The van der Waals surface area contributed by atoms with Gasteiger partial charge in [0.15, 0.2) is 0 Å². The number of carbonyl (C=O) groups excluding carboxylic acids is 2. The standard InChI is InChI=1S/C64H105N2O7P/c1-7-10-13-16-19-22-25-28-30-32-33-35-37-39-42-45-48-51-54-57-64(68)73-62(55-52-49-46-43-40-27-24-21-18-15-12-9-3)61(60-72-74(69,70)71-59-58-66(4,5)6)65-63(67)56-53-50-47-44-41-38-36-34-31-29-26-23-20-17-14-11-8-2/h10-11,13-14,17,19-20,22-23,26,28-31,33-36,38-39,41-42,52,55,61-62H,7-9,12,15-16,18,21,24-25,27,32,37,40,43-51,53-54,56-60H2,1-6H3,(H-,65,67,69,70)/b13-10-,14-11-,20-17+,22-19-,26-23+,30-28-,31-29-,35-33-,36-34+,41-38+,42-39-,55-52+. The maximum absolute atomic E-state index is 13.5. The van der Waals surface area contributed by atoms with Gasteiger partial charge in [0.1, 0.15) is 19.3 Å². The lowest BCUT2D eigenvalue weighted by molar-refractivity contribution is -0.870. The Bertz CT molecular complexity index is 1770. The minimum Gasteiger partial charge on any atom is -0.756 e. The molecule has 0 fully saturated rings. The Hall–Kier alpha value is -4.11. The molecule has 0 spiro atoms. The van der Waals surface area contributed by atoms with Gasteiger partial charge in [-0.1, -0.05) is 231 Å². The van der Waals surface area contributed by atoms with E-state index in [9.17, 15) is 19.0 Å². The molecular formula is C64H105N2O7P. The van der Waals surface area contributed by atoms with Crippen LogP contribution in [0.25, 0.3) is 0 Å². The second kappa shape index (κ2) is 52.3. The van der Waals surface area contributed by atoms with Crippen molar-refractivity contribution in [2.45, 2.75) is 206 Å². The number of carbonyl (C=O) groups is 2. The van der Waals surface area contributed by atoms with E-state index in [1.54, 1.807) is 6.08 Å². The predicted octanol–water partition coefficient (Wildman–Crippen LogP) is 16.9. The summed E-state index contributed by atoms with van der Waals surface area (Å²) in [5, 5.41) is 2.98. The molecule has 9 nitrogen and oxygen atoms in total. The van der Waals surface area contributed by atoms with Gasteiger partial charge in [0, 0.05) is 12.8 Å². The highest BCUT2D eigenvalue weighted by Crippen LogP contribution is 2.38. The monoisotopic (exact) mass is 1040 g/mol. The quantitative estimate of drug-likeness (QED) is 0.0161. The van der Waals surface area contributed by atoms with Crippen LogP contribution in [0, 0.1) is 0 Å². The molecule has 74 heavy (non-hydrogen) atoms. The Kier molecular flexibility index (Phi) is 49.4. The van der Waals surface area contributed by atoms with Crippen LogP contribution in [0.4, 0.5) is 0 Å². The summed E-state index contributed by atoms with van der Waals surface area (Å²) in [5.41, 5.74) is 0. The number of unbranched alkanes of at least 4 members (excludes halogenated alkanes) is 16. The third kappa shape index (κ3) is 52.7. The van der Waals surface area contributed by atoms with Crippen molar-refractivity contribution in [2.75, 3.05) is 40.9 Å². The molecule has 0 radical (unpaired) electrons. The minimum atomic E-state index is -4.73. The number of phosphoric acid groups is 1. The van der Waals surface area contributed by atoms with Crippen molar-refractivity contribution in [2.24, 2.45) is 0 Å². The van der Waals surface area contributed by atoms with Gasteiger partial charge in [0.05, 0.1) is 33.8 Å². The van der Waals surface area contributed by atoms with Gasteiger partial charge in [-0.15, -0.1) is 0 Å². The first-order valence-corrected chi connectivity index (χ1v) is 30.2. The smallest absolute Gasteiger partial charge is 0.306 e. The zero-order chi connectivity index (χ0) is 54.3. The first-order chi connectivity index (χ1) is 35.9. The zero-order valence-electron chi connectivity index (χ0n) is 47.5. The molecule has 10 heteroatoms. The predicted molar refractivity (Wildman–Crippen MR) is 316 cm³/mol. The Morgan fingerprint density at radius 2 is 0.932 bits per heavy atom. The Balaban J connectivity index is 5.51. The lowest BCUT2D eigenvalue weighted by Crippen LogP contribution is -2.47. The molecule has 0 aromatic carbocycles. The van der Waals surface area contributed by atoms with Crippen LogP contribution >= 0.6 is 7.82 Å². The van der Waals surface area contributed by atoms with Crippen LogP contribution in [0.15, 0.2) is 146 Å². The molecule has 0 heterocycles. The van der Waals surface area contributed by atoms with E-state index in [1.807, 2.05) is 88.0 Å². The number of nitrogens with one attached hydrogen (secondary N) is 1. The summed E-state index contributed by atoms with van der Waals surface area (Å²) < 4.78 is 30.2. The average molecular weight is 1050 g/mol. The molecule has 0 rings (SSSR count). The number of ether oxygens (including phenoxy) is 1. The van der Waals surface area contributed by atoms with E-state index < -0.39 is 32.5 Å². The van der Waals surface area contributed by atoms with Crippen LogP contribution in [0.3, 0.4) is 0 Å². The molecule has 0 aromatic rings. The Labute approximate surface area is 453 Å². The van der Waals surface area contributed by atoms with E-state index >= 15 is 0 Å². The van der Waals surface area contributed by atoms with E-state index in [1.165, 1.54) is 51.4 Å². The topological polar surface area (TPSA) is 114 Å². The van der Waals surface area contributed by atoms with Crippen LogP contribution in [-0.4, -0.2) is 69.4 Å². The number of amides is 1. The fraction of sp³-hybridized carbons (Fsp3) is 0.594. The van der Waals surface area contributed by atoms with Crippen molar-refractivity contribution >= 4 is 19.7 Å². The lowest BCUT2D eigenvalue weighted by atomic mass is 10.1. The zero-order valence-corrected chi connectivity index (χ0v) is 48.4. The molecule has 0 aromatic heterocycles. The van der Waals surface area contributed by atoms with E-state index in [-0.39, 0.29) is 25.4 Å². The second-order valence-corrected chi connectivity index (χ2v) is 21.2. The van der Waals surface area contributed by atoms with Gasteiger partial charge in [-0.3, -0.25) is 14.2 Å². The Morgan fingerprint density at radius 3 is 1.46 bits per heavy atom. The first-order valence-electron chi connectivity index (χ1n) is 28.7. The van der Waals surface area contributed by atoms with Gasteiger partial charge >= 0.3 is 5.97 Å². The van der Waals surface area contributed by atoms with Crippen molar-refractivity contribution in [3.05, 3.63) is 146 Å². The van der Waals surface area contributed by atoms with Gasteiger partial charge < -0.3 is 28.5 Å². The van der Waals surface area contributed by atoms with Crippen molar-refractivity contribution < 1.29 is 37.3 Å². The lowest BCUT2D eigenvalue weighted by Gasteiger charge is -2.30. The molecule has 0 saturated heterocycles. The van der Waals surface area contributed by atoms with Crippen LogP contribution in [0.1, 0.15) is 194 Å². The summed E-state index contributed by atoms with van der Waals surface area (Å²) in [6, 6.07) is -0.936. The number of quaternary nitrogens is 1. The van der Waals surface area contributed by atoms with Crippen LogP contribution in [0.2, 0.25) is 0 Å². The summed E-state index contributed by atoms with van der Waals surface area (Å²) in [4.78, 5) is 39.9. The van der Waals surface area contributed by atoms with Gasteiger partial charge in [0.25, 0.3) is 7.82 Å². The highest BCUT2D eigenvalue weighted by atomic mass is 31.2. The highest BCUT2D eigenvalue weighted by molar-refractivity contribution is 7.45. The fourth-order valence-electron chi connectivity index (χ4n) is 7.28. The van der Waals surface area contributed by atoms with Gasteiger partial charge in [0.2, 0.25) is 5.91 Å². The summed E-state index contributed by atoms with van der Waals surface area (Å²) in [6.07, 6.45) is 75.3. The molecule has 1 N–H and O–H groups in total. The SMILES string of the molecule is CC\C=C/C=C/C=C/C=C\C=C\C=C\CCCCCC(=O)NC(COP(=O)([O-])OCC[N+](C)(C)C)C(/C=C/CCCCCCCCCCCC)OC(=O)CCCCC/C=C\C/C=C\C/C=C\C/C=C\C/C=C\CC. The number of rotatable bonds is 49. The van der Waals surface area contributed by atoms with Crippen molar-refractivity contribution in [1.29, 1.82) is 0 Å². The van der Waals surface area contributed by atoms with E-state index in [4.69, 9.17) is 13.8 Å². The van der Waals surface area contributed by atoms with E-state index in [0.717, 1.165) is 96.3 Å². The number of hydrogen-bond donors (Lipinski definition) is 1. The first kappa shape index (κ1) is 69.9. The highest BCUT2D eigenvalue weighted by Gasteiger charge is 2.27. The molecule has 0 aliphatic rings. The maximum Gasteiger partial charge on any atom is 0.306 e. The van der Waals surface area contributed by atoms with Crippen molar-refractivity contribution in [3.63, 3.8) is 0 Å². The molecule has 0 saturated carbocycles. The molecule has 3 atom stereocenters. The molecule has 0 bridgehead atoms. The number of phosphoric ester groups is 1. The largest absolute Gasteiger partial charge is 0.756 e. The van der Waals surface area contributed by atoms with E-state index in [0.29, 0.717) is 23.9 Å². The minimum absolute atomic E-state index is 0.0463. The Morgan fingerprint density at radius 1 is 0.500 bits per heavy atom. The van der Waals surface area contributed by atoms with Crippen LogP contribution in [-0.2, 0) is 27.9 Å². The summed E-state index contributed by atoms with van der Waals surface area (Å²) in [6.45, 7) is 6.48. The average Bonchev–Trinajstić information content (AvgIpc) is 3.36. The van der Waals surface area contributed by atoms with Gasteiger partial charge in [-0.25, -0.2) is 0 Å². The number of nitrogens with zero attached hydrogens (tertiary/aromatic N) is 1. The molecule has 1 amide bonds. The summed E-state index contributed by atoms with van der Waals surface area (Å²) in [5.74, 6) is -0.645. The molecule has 3 unspecified atom stereocenters. The van der Waals surface area contributed by atoms with Crippen molar-refractivity contribution in [3.8, 4) is 0 Å². The number of allylic oxidation sites excluding steroid dienone is 23. The summed E-state index contributed by atoms with van der Waals surface area (Å²) in [7, 11) is 1.11. The number of hydrogen-bond acceptors (Lipinski definition) is 7. The molecule has 0 aliphatic heterocycles. The third-order valence-electron chi connectivity index (χ3n) is 11.7. The molecule has 418 valence electrons. The molecule has 0 aliphatic carbocycles. The third-order valence-corrected chi connectivity index (χ3v) is 12.6. The second-order valence-electron chi connectivity index (χ2n) is 19.8.